The maximum atomic E-state index is 11.7. The number of anilines is 1. The average molecular weight is 246 g/mol. The molecule has 96 valence electrons. The maximum Gasteiger partial charge on any atom is 0.313 e. The summed E-state index contributed by atoms with van der Waals surface area (Å²) in [6, 6.07) is 7.75. The van der Waals surface area contributed by atoms with Gasteiger partial charge in [0.25, 0.3) is 0 Å². The predicted molar refractivity (Wildman–Crippen MR) is 70.3 cm³/mol. The molecule has 1 aliphatic rings. The third-order valence-corrected chi connectivity index (χ3v) is 2.95. The Hall–Kier alpha value is -1.84. The first kappa shape index (κ1) is 12.6. The van der Waals surface area contributed by atoms with Crippen molar-refractivity contribution in [3.05, 3.63) is 29.8 Å². The van der Waals surface area contributed by atoms with Gasteiger partial charge in [-0.2, -0.15) is 0 Å². The van der Waals surface area contributed by atoms with Crippen LogP contribution >= 0.6 is 0 Å². The van der Waals surface area contributed by atoms with Crippen molar-refractivity contribution in [2.45, 2.75) is 38.6 Å². The van der Waals surface area contributed by atoms with Crippen LogP contribution in [0.5, 0.6) is 0 Å². The monoisotopic (exact) mass is 246 g/mol. The maximum absolute atomic E-state index is 11.7. The minimum Gasteiger partial charge on any atom is -0.345 e. The standard InChI is InChI=1S/C14H18N2O2/c1-9(2)11-5-3-4-6-12(11)16-14(18)13(17)15-10-7-8-10/h3-6,9-10H,7-8H2,1-2H3,(H,15,17)(H,16,18). The topological polar surface area (TPSA) is 58.2 Å². The van der Waals surface area contributed by atoms with Gasteiger partial charge in [0.1, 0.15) is 0 Å². The summed E-state index contributed by atoms with van der Waals surface area (Å²) in [5.74, 6) is -0.834. The molecule has 0 unspecified atom stereocenters. The second-order valence-electron chi connectivity index (χ2n) is 4.94. The Morgan fingerprint density at radius 2 is 1.83 bits per heavy atom. The zero-order valence-corrected chi connectivity index (χ0v) is 10.7. The van der Waals surface area contributed by atoms with Crippen LogP contribution < -0.4 is 10.6 Å². The summed E-state index contributed by atoms with van der Waals surface area (Å²) >= 11 is 0. The largest absolute Gasteiger partial charge is 0.345 e. The minimum atomic E-state index is -0.588. The summed E-state index contributed by atoms with van der Waals surface area (Å²) in [7, 11) is 0. The highest BCUT2D eigenvalue weighted by molar-refractivity contribution is 6.39. The first-order valence-electron chi connectivity index (χ1n) is 6.28. The van der Waals surface area contributed by atoms with Crippen LogP contribution in [0.1, 0.15) is 38.2 Å². The van der Waals surface area contributed by atoms with E-state index in [0.717, 1.165) is 18.4 Å². The molecule has 1 fully saturated rings. The van der Waals surface area contributed by atoms with Crippen LogP contribution in [0.2, 0.25) is 0 Å². The van der Waals surface area contributed by atoms with Gasteiger partial charge >= 0.3 is 11.8 Å². The van der Waals surface area contributed by atoms with Gasteiger partial charge in [-0.3, -0.25) is 9.59 Å². The lowest BCUT2D eigenvalue weighted by atomic mass is 10.0. The van der Waals surface area contributed by atoms with E-state index in [2.05, 4.69) is 24.5 Å². The fraction of sp³-hybridized carbons (Fsp3) is 0.429. The molecule has 0 aromatic heterocycles. The highest BCUT2D eigenvalue weighted by atomic mass is 16.2. The lowest BCUT2D eigenvalue weighted by Crippen LogP contribution is -2.36. The Bertz CT molecular complexity index is 465. The molecule has 2 N–H and O–H groups in total. The number of amides is 2. The van der Waals surface area contributed by atoms with Crippen LogP contribution in [0.4, 0.5) is 5.69 Å². The van der Waals surface area contributed by atoms with E-state index >= 15 is 0 Å². The number of hydrogen-bond donors (Lipinski definition) is 2. The van der Waals surface area contributed by atoms with E-state index in [1.54, 1.807) is 0 Å². The van der Waals surface area contributed by atoms with Crippen molar-refractivity contribution < 1.29 is 9.59 Å². The van der Waals surface area contributed by atoms with Gasteiger partial charge in [0.05, 0.1) is 0 Å². The Morgan fingerprint density at radius 1 is 1.17 bits per heavy atom. The van der Waals surface area contributed by atoms with E-state index in [4.69, 9.17) is 0 Å². The number of hydrogen-bond acceptors (Lipinski definition) is 2. The smallest absolute Gasteiger partial charge is 0.313 e. The number of carbonyl (C=O) groups excluding carboxylic acids is 2. The Labute approximate surface area is 107 Å². The fourth-order valence-corrected chi connectivity index (χ4v) is 1.77. The molecule has 1 aliphatic carbocycles. The number of para-hydroxylation sites is 1. The lowest BCUT2D eigenvalue weighted by molar-refractivity contribution is -0.136. The molecule has 0 atom stereocenters. The van der Waals surface area contributed by atoms with Crippen molar-refractivity contribution in [1.82, 2.24) is 5.32 Å². The number of benzene rings is 1. The van der Waals surface area contributed by atoms with E-state index in [-0.39, 0.29) is 6.04 Å². The van der Waals surface area contributed by atoms with Gasteiger partial charge in [-0.25, -0.2) is 0 Å². The molecule has 1 aromatic carbocycles. The second-order valence-corrected chi connectivity index (χ2v) is 4.94. The van der Waals surface area contributed by atoms with Crippen LogP contribution in [-0.2, 0) is 9.59 Å². The molecule has 0 heterocycles. The molecule has 0 bridgehead atoms. The van der Waals surface area contributed by atoms with Crippen molar-refractivity contribution >= 4 is 17.5 Å². The molecule has 18 heavy (non-hydrogen) atoms. The molecular formula is C14H18N2O2. The number of carbonyl (C=O) groups is 2. The molecule has 4 heteroatoms. The van der Waals surface area contributed by atoms with Crippen LogP contribution in [0.15, 0.2) is 24.3 Å². The zero-order chi connectivity index (χ0) is 13.1. The normalized spacial score (nSPS) is 14.4. The third kappa shape index (κ3) is 3.09. The van der Waals surface area contributed by atoms with Gasteiger partial charge in [0.15, 0.2) is 0 Å². The number of nitrogens with one attached hydrogen (secondary N) is 2. The van der Waals surface area contributed by atoms with Crippen molar-refractivity contribution in [1.29, 1.82) is 0 Å². The first-order valence-corrected chi connectivity index (χ1v) is 6.28. The first-order chi connectivity index (χ1) is 8.58. The van der Waals surface area contributed by atoms with Crippen molar-refractivity contribution in [2.75, 3.05) is 5.32 Å². The van der Waals surface area contributed by atoms with Crippen molar-refractivity contribution in [3.8, 4) is 0 Å². The summed E-state index contributed by atoms with van der Waals surface area (Å²) in [4.78, 5) is 23.3. The fourth-order valence-electron chi connectivity index (χ4n) is 1.77. The molecule has 1 saturated carbocycles. The summed E-state index contributed by atoms with van der Waals surface area (Å²) in [5.41, 5.74) is 1.74. The highest BCUT2D eigenvalue weighted by Crippen LogP contribution is 2.23. The van der Waals surface area contributed by atoms with Crippen LogP contribution in [-0.4, -0.2) is 17.9 Å². The van der Waals surface area contributed by atoms with E-state index in [9.17, 15) is 9.59 Å². The molecule has 2 rings (SSSR count). The van der Waals surface area contributed by atoms with Crippen LogP contribution in [0, 0.1) is 0 Å². The highest BCUT2D eigenvalue weighted by Gasteiger charge is 2.26. The SMILES string of the molecule is CC(C)c1ccccc1NC(=O)C(=O)NC1CC1. The van der Waals surface area contributed by atoms with Gasteiger partial charge in [-0.05, 0) is 30.4 Å². The van der Waals surface area contributed by atoms with Crippen LogP contribution in [0.3, 0.4) is 0 Å². The summed E-state index contributed by atoms with van der Waals surface area (Å²) in [6.07, 6.45) is 1.95. The van der Waals surface area contributed by atoms with Crippen molar-refractivity contribution in [2.24, 2.45) is 0 Å². The quantitative estimate of drug-likeness (QED) is 0.802. The van der Waals surface area contributed by atoms with Gasteiger partial charge in [-0.1, -0.05) is 32.0 Å². The van der Waals surface area contributed by atoms with Gasteiger partial charge < -0.3 is 10.6 Å². The molecule has 4 nitrogen and oxygen atoms in total. The molecular weight excluding hydrogens is 228 g/mol. The average Bonchev–Trinajstić information content (AvgIpc) is 3.13. The van der Waals surface area contributed by atoms with E-state index in [1.165, 1.54) is 0 Å². The predicted octanol–water partition coefficient (Wildman–Crippen LogP) is 2.03. The van der Waals surface area contributed by atoms with E-state index in [0.29, 0.717) is 11.6 Å². The second kappa shape index (κ2) is 5.21. The van der Waals surface area contributed by atoms with Crippen LogP contribution in [0.25, 0.3) is 0 Å². The Balaban J connectivity index is 2.03. The van der Waals surface area contributed by atoms with Gasteiger partial charge in [0.2, 0.25) is 0 Å². The summed E-state index contributed by atoms with van der Waals surface area (Å²) in [6.45, 7) is 4.10. The minimum absolute atomic E-state index is 0.198. The van der Waals surface area contributed by atoms with Crippen molar-refractivity contribution in [3.63, 3.8) is 0 Å². The molecule has 0 saturated heterocycles. The molecule has 0 aliphatic heterocycles. The molecule has 1 aromatic rings. The molecule has 0 spiro atoms. The summed E-state index contributed by atoms with van der Waals surface area (Å²) < 4.78 is 0. The Morgan fingerprint density at radius 3 is 2.44 bits per heavy atom. The third-order valence-electron chi connectivity index (χ3n) is 2.95. The van der Waals surface area contributed by atoms with E-state index in [1.807, 2.05) is 24.3 Å². The lowest BCUT2D eigenvalue weighted by Gasteiger charge is -2.13. The zero-order valence-electron chi connectivity index (χ0n) is 10.7. The molecule has 2 amide bonds. The van der Waals surface area contributed by atoms with Gasteiger partial charge in [0, 0.05) is 11.7 Å². The van der Waals surface area contributed by atoms with Gasteiger partial charge in [-0.15, -0.1) is 0 Å². The number of rotatable bonds is 3. The van der Waals surface area contributed by atoms with E-state index < -0.39 is 11.8 Å². The summed E-state index contributed by atoms with van der Waals surface area (Å²) in [5, 5.41) is 5.35. The molecule has 0 radical (unpaired) electrons. The Kier molecular flexibility index (Phi) is 3.65.